The van der Waals surface area contributed by atoms with Gasteiger partial charge >= 0.3 is 0 Å². The smallest absolute Gasteiger partial charge is 0.135 e. The third-order valence-electron chi connectivity index (χ3n) is 3.44. The zero-order valence-corrected chi connectivity index (χ0v) is 11.7. The molecule has 0 spiro atoms. The van der Waals surface area contributed by atoms with Gasteiger partial charge in [-0.05, 0) is 12.3 Å². The lowest BCUT2D eigenvalue weighted by atomic mass is 9.88. The van der Waals surface area contributed by atoms with E-state index in [1.54, 1.807) is 0 Å². The predicted octanol–water partition coefficient (Wildman–Crippen LogP) is 4.99. The highest BCUT2D eigenvalue weighted by Crippen LogP contribution is 2.25. The molecule has 0 N–H and O–H groups in total. The Labute approximate surface area is 102 Å². The highest BCUT2D eigenvalue weighted by Gasteiger charge is 2.09. The minimum absolute atomic E-state index is 0.231. The van der Waals surface area contributed by atoms with Crippen molar-refractivity contribution in [1.29, 1.82) is 0 Å². The van der Waals surface area contributed by atoms with Crippen LogP contribution >= 0.6 is 0 Å². The quantitative estimate of drug-likeness (QED) is 0.660. The summed E-state index contributed by atoms with van der Waals surface area (Å²) < 4.78 is 0. The number of carbonyl (C=O) groups is 1. The summed E-state index contributed by atoms with van der Waals surface area (Å²) in [5.41, 5.74) is 0. The van der Waals surface area contributed by atoms with E-state index in [9.17, 15) is 4.79 Å². The Morgan fingerprint density at radius 1 is 1.12 bits per heavy atom. The summed E-state index contributed by atoms with van der Waals surface area (Å²) in [6.45, 7) is 8.23. The third kappa shape index (κ3) is 7.90. The molecule has 1 aliphatic rings. The first-order valence-electron chi connectivity index (χ1n) is 7.14. The first-order chi connectivity index (χ1) is 7.61. The normalized spacial score (nSPS) is 16.8. The first kappa shape index (κ1) is 15.7. The van der Waals surface area contributed by atoms with E-state index in [-0.39, 0.29) is 5.92 Å². The first-order valence-corrected chi connectivity index (χ1v) is 7.14. The van der Waals surface area contributed by atoms with E-state index < -0.39 is 0 Å². The van der Waals surface area contributed by atoms with Gasteiger partial charge in [-0.1, -0.05) is 66.2 Å². The van der Waals surface area contributed by atoms with Crippen LogP contribution in [0.5, 0.6) is 0 Å². The zero-order valence-electron chi connectivity index (χ0n) is 11.7. The van der Waals surface area contributed by atoms with Gasteiger partial charge in [0.15, 0.2) is 0 Å². The molecule has 0 unspecified atom stereocenters. The van der Waals surface area contributed by atoms with Gasteiger partial charge in [0.1, 0.15) is 5.78 Å². The van der Waals surface area contributed by atoms with Gasteiger partial charge in [0.25, 0.3) is 0 Å². The van der Waals surface area contributed by atoms with Gasteiger partial charge in [-0.3, -0.25) is 4.79 Å². The average molecular weight is 226 g/mol. The van der Waals surface area contributed by atoms with Crippen molar-refractivity contribution in [3.63, 3.8) is 0 Å². The lowest BCUT2D eigenvalue weighted by molar-refractivity contribution is -0.121. The van der Waals surface area contributed by atoms with Crippen LogP contribution in [-0.2, 0) is 4.79 Å². The van der Waals surface area contributed by atoms with E-state index in [0.717, 1.165) is 18.8 Å². The Bertz CT molecular complexity index is 166. The minimum Gasteiger partial charge on any atom is -0.299 e. The van der Waals surface area contributed by atoms with Gasteiger partial charge < -0.3 is 0 Å². The topological polar surface area (TPSA) is 17.1 Å². The average Bonchev–Trinajstić information content (AvgIpc) is 2.31. The molecule has 1 heteroatoms. The van der Waals surface area contributed by atoms with Crippen LogP contribution in [0.3, 0.4) is 0 Å². The van der Waals surface area contributed by atoms with Crippen molar-refractivity contribution in [3.05, 3.63) is 0 Å². The molecular weight excluding hydrogens is 196 g/mol. The maximum Gasteiger partial charge on any atom is 0.135 e. The number of ketones is 1. The SMILES string of the molecule is CCC1CCCCC1.CCCC(=O)C(C)C. The number of hydrogen-bond acceptors (Lipinski definition) is 1. The van der Waals surface area contributed by atoms with Crippen LogP contribution in [0.25, 0.3) is 0 Å². The summed E-state index contributed by atoms with van der Waals surface area (Å²) in [5, 5.41) is 0. The van der Waals surface area contributed by atoms with E-state index in [4.69, 9.17) is 0 Å². The molecule has 0 atom stereocenters. The van der Waals surface area contributed by atoms with Crippen molar-refractivity contribution >= 4 is 5.78 Å². The van der Waals surface area contributed by atoms with Crippen molar-refractivity contribution in [2.45, 2.75) is 79.1 Å². The van der Waals surface area contributed by atoms with E-state index in [2.05, 4.69) is 6.92 Å². The van der Waals surface area contributed by atoms with Crippen molar-refractivity contribution in [2.75, 3.05) is 0 Å². The van der Waals surface area contributed by atoms with Crippen LogP contribution in [0.2, 0.25) is 0 Å². The van der Waals surface area contributed by atoms with Crippen LogP contribution in [0, 0.1) is 11.8 Å². The molecular formula is C15H30O. The molecule has 1 nitrogen and oxygen atoms in total. The van der Waals surface area contributed by atoms with E-state index in [1.165, 1.54) is 38.5 Å². The van der Waals surface area contributed by atoms with Crippen molar-refractivity contribution in [1.82, 2.24) is 0 Å². The largest absolute Gasteiger partial charge is 0.299 e. The summed E-state index contributed by atoms with van der Waals surface area (Å²) in [6.07, 6.45) is 10.7. The summed E-state index contributed by atoms with van der Waals surface area (Å²) in [4.78, 5) is 10.7. The number of rotatable bonds is 4. The van der Waals surface area contributed by atoms with Crippen LogP contribution in [0.1, 0.15) is 79.1 Å². The van der Waals surface area contributed by atoms with Crippen LogP contribution < -0.4 is 0 Å². The fourth-order valence-electron chi connectivity index (χ4n) is 2.13. The van der Waals surface area contributed by atoms with E-state index in [1.807, 2.05) is 20.8 Å². The predicted molar refractivity (Wildman–Crippen MR) is 71.6 cm³/mol. The molecule has 0 saturated heterocycles. The van der Waals surface area contributed by atoms with Crippen molar-refractivity contribution in [3.8, 4) is 0 Å². The summed E-state index contributed by atoms with van der Waals surface area (Å²) in [5.74, 6) is 1.70. The second kappa shape index (κ2) is 9.86. The Hall–Kier alpha value is -0.330. The molecule has 1 fully saturated rings. The van der Waals surface area contributed by atoms with Crippen LogP contribution in [0.15, 0.2) is 0 Å². The number of hydrogen-bond donors (Lipinski definition) is 0. The highest BCUT2D eigenvalue weighted by atomic mass is 16.1. The standard InChI is InChI=1S/C8H16.C7H14O/c1-2-8-6-4-3-5-7-8;1-4-5-7(8)6(2)3/h8H,2-7H2,1H3;6H,4-5H2,1-3H3. The minimum atomic E-state index is 0.231. The van der Waals surface area contributed by atoms with E-state index in [0.29, 0.717) is 5.78 Å². The molecule has 1 aliphatic carbocycles. The lowest BCUT2D eigenvalue weighted by Gasteiger charge is -2.18. The van der Waals surface area contributed by atoms with Gasteiger partial charge in [0.05, 0.1) is 0 Å². The summed E-state index contributed by atoms with van der Waals surface area (Å²) in [7, 11) is 0. The summed E-state index contributed by atoms with van der Waals surface area (Å²) >= 11 is 0. The molecule has 0 amide bonds. The number of Topliss-reactive ketones (excluding diaryl/α,β-unsaturated/α-hetero) is 1. The van der Waals surface area contributed by atoms with Gasteiger partial charge in [-0.15, -0.1) is 0 Å². The zero-order chi connectivity index (χ0) is 12.4. The third-order valence-corrected chi connectivity index (χ3v) is 3.44. The van der Waals surface area contributed by atoms with Gasteiger partial charge in [-0.25, -0.2) is 0 Å². The lowest BCUT2D eigenvalue weighted by Crippen LogP contribution is -2.04. The fraction of sp³-hybridized carbons (Fsp3) is 0.933. The highest BCUT2D eigenvalue weighted by molar-refractivity contribution is 5.80. The second-order valence-corrected chi connectivity index (χ2v) is 5.28. The molecule has 0 aromatic heterocycles. The van der Waals surface area contributed by atoms with Crippen LogP contribution in [-0.4, -0.2) is 5.78 Å². The molecule has 0 heterocycles. The summed E-state index contributed by atoms with van der Waals surface area (Å²) in [6, 6.07) is 0. The molecule has 96 valence electrons. The Morgan fingerprint density at radius 2 is 1.69 bits per heavy atom. The molecule has 0 aromatic rings. The maximum atomic E-state index is 10.7. The van der Waals surface area contributed by atoms with Crippen LogP contribution in [0.4, 0.5) is 0 Å². The molecule has 1 saturated carbocycles. The van der Waals surface area contributed by atoms with E-state index >= 15 is 0 Å². The Balaban J connectivity index is 0.000000281. The second-order valence-electron chi connectivity index (χ2n) is 5.28. The molecule has 0 radical (unpaired) electrons. The van der Waals surface area contributed by atoms with Crippen molar-refractivity contribution < 1.29 is 4.79 Å². The molecule has 16 heavy (non-hydrogen) atoms. The maximum absolute atomic E-state index is 10.7. The molecule has 0 bridgehead atoms. The Morgan fingerprint density at radius 3 is 1.94 bits per heavy atom. The van der Waals surface area contributed by atoms with Gasteiger partial charge in [0, 0.05) is 12.3 Å². The van der Waals surface area contributed by atoms with Gasteiger partial charge in [-0.2, -0.15) is 0 Å². The Kier molecular flexibility index (Phi) is 9.66. The molecule has 0 aliphatic heterocycles. The molecule has 0 aromatic carbocycles. The monoisotopic (exact) mass is 226 g/mol. The van der Waals surface area contributed by atoms with Crippen molar-refractivity contribution in [2.24, 2.45) is 11.8 Å². The fourth-order valence-corrected chi connectivity index (χ4v) is 2.13. The van der Waals surface area contributed by atoms with Gasteiger partial charge in [0.2, 0.25) is 0 Å². The number of carbonyl (C=O) groups excluding carboxylic acids is 1. The molecule has 1 rings (SSSR count).